The van der Waals surface area contributed by atoms with Crippen molar-refractivity contribution in [2.45, 2.75) is 103 Å². The number of aliphatic hydroxyl groups excluding tert-OH is 1. The molecule has 0 radical (unpaired) electrons. The van der Waals surface area contributed by atoms with Crippen molar-refractivity contribution < 1.29 is 19.5 Å². The lowest BCUT2D eigenvalue weighted by Crippen LogP contribution is -2.54. The highest BCUT2D eigenvalue weighted by atomic mass is 16.7. The second kappa shape index (κ2) is 17.5. The Kier molecular flexibility index (Phi) is 13.7. The first kappa shape index (κ1) is 39.0. The minimum absolute atomic E-state index is 0.0825. The summed E-state index contributed by atoms with van der Waals surface area (Å²) in [6, 6.07) is 0.0453. The number of hydrogen-bond donors (Lipinski definition) is 4. The van der Waals surface area contributed by atoms with Gasteiger partial charge in [0.2, 0.25) is 5.91 Å². The van der Waals surface area contributed by atoms with Crippen LogP contribution in [0.25, 0.3) is 0 Å². The SMILES string of the molecule is COC1=C(CN2O[C@@H](CN)[C@@H]([C@H](C)O)[C@H]2C(=O)N[C@H]2C[C@H](C(C)C)CC[C@@H]2C)C=CCC1C1C=C(CNCC2CCCN2C)C=C(N(C)C)C1. The smallest absolute Gasteiger partial charge is 0.240 e. The van der Waals surface area contributed by atoms with Crippen LogP contribution < -0.4 is 16.4 Å². The van der Waals surface area contributed by atoms with Gasteiger partial charge >= 0.3 is 0 Å². The molecule has 2 heterocycles. The first-order valence-corrected chi connectivity index (χ1v) is 19.5. The van der Waals surface area contributed by atoms with Crippen molar-refractivity contribution in [3.05, 3.63) is 46.9 Å². The number of methoxy groups -OCH3 is 1. The fourth-order valence-electron chi connectivity index (χ4n) is 9.28. The highest BCUT2D eigenvalue weighted by molar-refractivity contribution is 5.83. The standard InChI is InChI=1S/C40H68N6O4/c1-25(2)29-15-14-26(3)35(20-29)43-40(48)38-37(27(4)47)36(21-41)50-46(38)24-30-11-9-13-34(39(30)49-8)31-17-28(18-33(19-31)44(5)6)22-42-23-32-12-10-16-45(32)7/h9,11,17-18,25-27,29,31-32,34-38,42,47H,10,12-16,19-24,41H2,1-8H3,(H,43,48)/t26-,27-,29+,31?,32?,34?,35-,36-,37+,38-/m0/s1. The maximum absolute atomic E-state index is 14.3. The minimum atomic E-state index is -0.758. The largest absolute Gasteiger partial charge is 0.500 e. The monoisotopic (exact) mass is 697 g/mol. The third-order valence-corrected chi connectivity index (χ3v) is 12.5. The Balaban J connectivity index is 1.36. The highest BCUT2D eigenvalue weighted by Gasteiger charge is 2.50. The Bertz CT molecular complexity index is 1280. The molecule has 10 nitrogen and oxygen atoms in total. The number of rotatable bonds is 14. The Labute approximate surface area is 302 Å². The van der Waals surface area contributed by atoms with Crippen LogP contribution in [0.3, 0.4) is 0 Å². The number of carbonyl (C=O) groups excluding carboxylic acids is 1. The summed E-state index contributed by atoms with van der Waals surface area (Å²) in [5, 5.41) is 20.0. The molecule has 5 rings (SSSR count). The molecule has 5 aliphatic rings. The van der Waals surface area contributed by atoms with Gasteiger partial charge in [-0.25, -0.2) is 0 Å². The van der Waals surface area contributed by atoms with Crippen LogP contribution in [-0.4, -0.2) is 117 Å². The lowest BCUT2D eigenvalue weighted by molar-refractivity contribution is -0.164. The van der Waals surface area contributed by atoms with E-state index in [0.29, 0.717) is 30.3 Å². The van der Waals surface area contributed by atoms with Crippen LogP contribution in [0.15, 0.2) is 46.9 Å². The second-order valence-corrected chi connectivity index (χ2v) is 16.5. The molecule has 0 aromatic rings. The zero-order valence-electron chi connectivity index (χ0n) is 32.2. The Hall–Kier alpha value is -2.21. The molecule has 10 atom stereocenters. The highest BCUT2D eigenvalue weighted by Crippen LogP contribution is 2.41. The normalized spacial score (nSPS) is 34.6. The molecular weight excluding hydrogens is 628 g/mol. The third-order valence-electron chi connectivity index (χ3n) is 12.5. The number of aliphatic hydroxyl groups is 1. The second-order valence-electron chi connectivity index (χ2n) is 16.5. The van der Waals surface area contributed by atoms with Crippen molar-refractivity contribution in [3.63, 3.8) is 0 Å². The summed E-state index contributed by atoms with van der Waals surface area (Å²) < 4.78 is 6.25. The first-order valence-electron chi connectivity index (χ1n) is 19.5. The van der Waals surface area contributed by atoms with Gasteiger partial charge in [-0.1, -0.05) is 39.0 Å². The number of allylic oxidation sites excluding steroid dienone is 4. The summed E-state index contributed by atoms with van der Waals surface area (Å²) in [5.74, 6) is 2.42. The topological polar surface area (TPSA) is 116 Å². The fraction of sp³-hybridized carbons (Fsp3) is 0.775. The van der Waals surface area contributed by atoms with Crippen LogP contribution in [0.4, 0.5) is 0 Å². The number of nitrogens with zero attached hydrogens (tertiary/aromatic N) is 3. The number of nitrogens with one attached hydrogen (secondary N) is 2. The van der Waals surface area contributed by atoms with E-state index >= 15 is 0 Å². The van der Waals surface area contributed by atoms with Crippen molar-refractivity contribution in [2.75, 3.05) is 61.0 Å². The lowest BCUT2D eigenvalue weighted by Gasteiger charge is -2.38. The zero-order valence-corrected chi connectivity index (χ0v) is 32.2. The number of nitrogens with two attached hydrogens (primary N) is 1. The molecule has 10 heteroatoms. The summed E-state index contributed by atoms with van der Waals surface area (Å²) in [5.41, 5.74) is 9.86. The van der Waals surface area contributed by atoms with Crippen LogP contribution >= 0.6 is 0 Å². The number of carbonyl (C=O) groups is 1. The molecule has 50 heavy (non-hydrogen) atoms. The third kappa shape index (κ3) is 9.04. The Morgan fingerprint density at radius 1 is 1.22 bits per heavy atom. The molecule has 0 spiro atoms. The van der Waals surface area contributed by atoms with E-state index in [-0.39, 0.29) is 30.3 Å². The van der Waals surface area contributed by atoms with E-state index in [1.54, 1.807) is 19.1 Å². The van der Waals surface area contributed by atoms with Crippen molar-refractivity contribution in [3.8, 4) is 0 Å². The Morgan fingerprint density at radius 2 is 2.00 bits per heavy atom. The van der Waals surface area contributed by atoms with Gasteiger partial charge < -0.3 is 36.0 Å². The van der Waals surface area contributed by atoms with E-state index in [9.17, 15) is 9.90 Å². The van der Waals surface area contributed by atoms with Crippen LogP contribution in [0, 0.1) is 35.5 Å². The molecule has 1 amide bonds. The number of hydrogen-bond acceptors (Lipinski definition) is 9. The number of hydroxylamine groups is 2. The van der Waals surface area contributed by atoms with E-state index in [1.165, 1.54) is 37.1 Å². The number of ether oxygens (including phenoxy) is 1. The molecule has 0 bridgehead atoms. The zero-order chi connectivity index (χ0) is 36.1. The number of amides is 1. The van der Waals surface area contributed by atoms with Gasteiger partial charge in [0.25, 0.3) is 0 Å². The molecule has 3 fully saturated rings. The average molecular weight is 697 g/mol. The van der Waals surface area contributed by atoms with Gasteiger partial charge in [0.15, 0.2) is 0 Å². The van der Waals surface area contributed by atoms with Gasteiger partial charge in [-0.15, -0.1) is 0 Å². The number of likely N-dealkylation sites (tertiary alicyclic amines) is 1. The van der Waals surface area contributed by atoms with E-state index in [2.05, 4.69) is 86.7 Å². The lowest BCUT2D eigenvalue weighted by atomic mass is 9.74. The maximum atomic E-state index is 14.3. The predicted octanol–water partition coefficient (Wildman–Crippen LogP) is 4.06. The van der Waals surface area contributed by atoms with Crippen LogP contribution in [0.2, 0.25) is 0 Å². The van der Waals surface area contributed by atoms with Crippen molar-refractivity contribution in [1.29, 1.82) is 0 Å². The molecule has 0 aromatic carbocycles. The molecule has 1 saturated carbocycles. The Morgan fingerprint density at radius 3 is 2.64 bits per heavy atom. The molecule has 282 valence electrons. The molecule has 0 aromatic heterocycles. The summed E-state index contributed by atoms with van der Waals surface area (Å²) >= 11 is 0. The van der Waals surface area contributed by atoms with Gasteiger partial charge in [-0.3, -0.25) is 9.63 Å². The summed E-state index contributed by atoms with van der Waals surface area (Å²) in [6.45, 7) is 12.2. The quantitative estimate of drug-likeness (QED) is 0.214. The van der Waals surface area contributed by atoms with Crippen molar-refractivity contribution >= 4 is 5.91 Å². The van der Waals surface area contributed by atoms with Gasteiger partial charge in [0.1, 0.15) is 11.8 Å². The van der Waals surface area contributed by atoms with Crippen molar-refractivity contribution in [1.82, 2.24) is 25.5 Å². The van der Waals surface area contributed by atoms with Crippen molar-refractivity contribution in [2.24, 2.45) is 41.2 Å². The van der Waals surface area contributed by atoms with E-state index in [0.717, 1.165) is 50.1 Å². The van der Waals surface area contributed by atoms with E-state index in [1.807, 2.05) is 0 Å². The molecule has 2 aliphatic heterocycles. The summed E-state index contributed by atoms with van der Waals surface area (Å²) in [4.78, 5) is 25.4. The van der Waals surface area contributed by atoms with E-state index in [4.69, 9.17) is 15.3 Å². The van der Waals surface area contributed by atoms with Crippen LogP contribution in [0.1, 0.15) is 72.6 Å². The summed E-state index contributed by atoms with van der Waals surface area (Å²) in [6.07, 6.45) is 15.6. The van der Waals surface area contributed by atoms with Gasteiger partial charge in [0.05, 0.1) is 25.9 Å². The van der Waals surface area contributed by atoms with E-state index < -0.39 is 24.2 Å². The molecule has 3 aliphatic carbocycles. The fourth-order valence-corrected chi connectivity index (χ4v) is 9.28. The summed E-state index contributed by atoms with van der Waals surface area (Å²) in [7, 11) is 8.26. The average Bonchev–Trinajstić information content (AvgIpc) is 3.67. The molecule has 2 saturated heterocycles. The first-order chi connectivity index (χ1) is 23.9. The van der Waals surface area contributed by atoms with Gasteiger partial charge in [-0.05, 0) is 101 Å². The minimum Gasteiger partial charge on any atom is -0.500 e. The van der Waals surface area contributed by atoms with Gasteiger partial charge in [-0.2, -0.15) is 5.06 Å². The number of likely N-dealkylation sites (N-methyl/N-ethyl adjacent to an activating group) is 1. The molecule has 5 N–H and O–H groups in total. The van der Waals surface area contributed by atoms with Gasteiger partial charge in [0, 0.05) is 68.9 Å². The van der Waals surface area contributed by atoms with Crippen LogP contribution in [0.5, 0.6) is 0 Å². The molecule has 3 unspecified atom stereocenters. The molecular formula is C40H68N6O4. The predicted molar refractivity (Wildman–Crippen MR) is 201 cm³/mol. The van der Waals surface area contributed by atoms with Crippen LogP contribution in [-0.2, 0) is 14.4 Å². The maximum Gasteiger partial charge on any atom is 0.240 e.